The summed E-state index contributed by atoms with van der Waals surface area (Å²) < 4.78 is 1.81. The van der Waals surface area contributed by atoms with Crippen LogP contribution in [0.4, 0.5) is 5.95 Å². The molecule has 1 aliphatic rings. The molecule has 1 unspecified atom stereocenters. The van der Waals surface area contributed by atoms with Crippen LogP contribution in [0.2, 0.25) is 0 Å². The van der Waals surface area contributed by atoms with Gasteiger partial charge in [0.15, 0.2) is 5.65 Å². The van der Waals surface area contributed by atoms with Gasteiger partial charge in [0.2, 0.25) is 5.95 Å². The van der Waals surface area contributed by atoms with Crippen molar-refractivity contribution in [2.24, 2.45) is 0 Å². The van der Waals surface area contributed by atoms with Crippen LogP contribution >= 0.6 is 0 Å². The van der Waals surface area contributed by atoms with Gasteiger partial charge >= 0.3 is 0 Å². The highest BCUT2D eigenvalue weighted by Crippen LogP contribution is 2.19. The second-order valence-electron chi connectivity index (χ2n) is 8.39. The summed E-state index contributed by atoms with van der Waals surface area (Å²) in [7, 11) is 0. The number of H-pyrrole nitrogens is 1. The van der Waals surface area contributed by atoms with Gasteiger partial charge in [-0.05, 0) is 66.5 Å². The highest BCUT2D eigenvalue weighted by Gasteiger charge is 2.20. The van der Waals surface area contributed by atoms with Gasteiger partial charge in [0.05, 0.1) is 11.7 Å². The molecule has 144 valence electrons. The van der Waals surface area contributed by atoms with E-state index in [2.05, 4.69) is 53.0 Å². The summed E-state index contributed by atoms with van der Waals surface area (Å²) in [6.45, 7) is 11.7. The Kier molecular flexibility index (Phi) is 5.65. The van der Waals surface area contributed by atoms with Gasteiger partial charge < -0.3 is 10.2 Å². The molecular formula is C19H32N6O. The second-order valence-corrected chi connectivity index (χ2v) is 8.39. The van der Waals surface area contributed by atoms with Gasteiger partial charge in [0, 0.05) is 12.6 Å². The predicted molar refractivity (Wildman–Crippen MR) is 106 cm³/mol. The van der Waals surface area contributed by atoms with Gasteiger partial charge in [-0.1, -0.05) is 6.42 Å². The van der Waals surface area contributed by atoms with Gasteiger partial charge in [0.25, 0.3) is 5.56 Å². The molecule has 2 aromatic heterocycles. The number of nitrogens with zero attached hydrogens (tertiary/aromatic N) is 4. The standard InChI is InChI=1S/C19H32N6O/c1-14-9-5-7-11-24(14)12-8-6-10-20-18-22-16-15(17(26)23-18)13-21-25(16)19(2,3)4/h13-14H,5-12H2,1-4H3,(H2,20,22,23,26). The van der Waals surface area contributed by atoms with Crippen molar-refractivity contribution in [3.05, 3.63) is 16.6 Å². The van der Waals surface area contributed by atoms with Gasteiger partial charge in [0.1, 0.15) is 5.39 Å². The number of aromatic nitrogens is 4. The number of hydrogen-bond acceptors (Lipinski definition) is 5. The topological polar surface area (TPSA) is 78.8 Å². The smallest absolute Gasteiger partial charge is 0.263 e. The van der Waals surface area contributed by atoms with Gasteiger partial charge in [-0.3, -0.25) is 9.78 Å². The first-order valence-electron chi connectivity index (χ1n) is 9.83. The number of nitrogens with one attached hydrogen (secondary N) is 2. The Morgan fingerprint density at radius 2 is 2.12 bits per heavy atom. The van der Waals surface area contributed by atoms with Crippen LogP contribution < -0.4 is 10.9 Å². The third kappa shape index (κ3) is 4.26. The minimum absolute atomic E-state index is 0.143. The van der Waals surface area contributed by atoms with E-state index in [0.29, 0.717) is 17.0 Å². The Labute approximate surface area is 155 Å². The molecule has 0 saturated carbocycles. The maximum Gasteiger partial charge on any atom is 0.263 e. The number of likely N-dealkylation sites (tertiary alicyclic amines) is 1. The first kappa shape index (κ1) is 18.9. The molecule has 3 rings (SSSR count). The maximum absolute atomic E-state index is 12.3. The molecule has 0 radical (unpaired) electrons. The molecular weight excluding hydrogens is 328 g/mol. The van der Waals surface area contributed by atoms with Crippen LogP contribution in [-0.4, -0.2) is 50.3 Å². The lowest BCUT2D eigenvalue weighted by Gasteiger charge is -2.33. The SMILES string of the molecule is CC1CCCCN1CCCCNc1nc2c(cnn2C(C)(C)C)c(=O)[nH]1. The Balaban J connectivity index is 1.56. The Morgan fingerprint density at radius 1 is 1.31 bits per heavy atom. The molecule has 0 aromatic carbocycles. The minimum atomic E-state index is -0.217. The van der Waals surface area contributed by atoms with Crippen molar-refractivity contribution in [1.82, 2.24) is 24.6 Å². The number of hydrogen-bond donors (Lipinski definition) is 2. The van der Waals surface area contributed by atoms with Crippen LogP contribution in [0.15, 0.2) is 11.0 Å². The van der Waals surface area contributed by atoms with E-state index in [1.165, 1.54) is 25.8 Å². The highest BCUT2D eigenvalue weighted by atomic mass is 16.1. The Bertz CT molecular complexity index is 787. The molecule has 0 spiro atoms. The normalized spacial score (nSPS) is 19.2. The van der Waals surface area contributed by atoms with E-state index < -0.39 is 0 Å². The number of fused-ring (bicyclic) bond motifs is 1. The lowest BCUT2D eigenvalue weighted by atomic mass is 10.0. The molecule has 7 nitrogen and oxygen atoms in total. The van der Waals surface area contributed by atoms with E-state index >= 15 is 0 Å². The molecule has 0 amide bonds. The maximum atomic E-state index is 12.3. The van der Waals surface area contributed by atoms with Gasteiger partial charge in [-0.15, -0.1) is 0 Å². The van der Waals surface area contributed by atoms with E-state index in [9.17, 15) is 4.79 Å². The monoisotopic (exact) mass is 360 g/mol. The van der Waals surface area contributed by atoms with Crippen molar-refractivity contribution in [3.63, 3.8) is 0 Å². The van der Waals surface area contributed by atoms with Crippen LogP contribution in [-0.2, 0) is 5.54 Å². The molecule has 7 heteroatoms. The number of unbranched alkanes of at least 4 members (excludes halogenated alkanes) is 1. The average Bonchev–Trinajstić information content (AvgIpc) is 3.01. The van der Waals surface area contributed by atoms with Crippen molar-refractivity contribution in [1.29, 1.82) is 0 Å². The Morgan fingerprint density at radius 3 is 2.85 bits per heavy atom. The van der Waals surface area contributed by atoms with E-state index in [1.54, 1.807) is 10.9 Å². The van der Waals surface area contributed by atoms with E-state index in [0.717, 1.165) is 32.0 Å². The lowest BCUT2D eigenvalue weighted by molar-refractivity contribution is 0.158. The molecule has 3 heterocycles. The molecule has 1 fully saturated rings. The number of piperidine rings is 1. The molecule has 1 saturated heterocycles. The van der Waals surface area contributed by atoms with Crippen LogP contribution in [0.25, 0.3) is 11.0 Å². The van der Waals surface area contributed by atoms with Crippen molar-refractivity contribution >= 4 is 17.0 Å². The summed E-state index contributed by atoms with van der Waals surface area (Å²) in [6, 6.07) is 0.717. The molecule has 1 aliphatic heterocycles. The molecule has 2 N–H and O–H groups in total. The van der Waals surface area contributed by atoms with Crippen LogP contribution in [0.1, 0.15) is 59.8 Å². The summed E-state index contributed by atoms with van der Waals surface area (Å²) >= 11 is 0. The van der Waals surface area contributed by atoms with E-state index in [1.807, 2.05) is 0 Å². The zero-order valence-electron chi connectivity index (χ0n) is 16.5. The van der Waals surface area contributed by atoms with Gasteiger partial charge in [-0.25, -0.2) is 4.68 Å². The van der Waals surface area contributed by atoms with E-state index in [-0.39, 0.29) is 11.1 Å². The summed E-state index contributed by atoms with van der Waals surface area (Å²) in [5, 5.41) is 8.14. The zero-order valence-corrected chi connectivity index (χ0v) is 16.5. The fourth-order valence-corrected chi connectivity index (χ4v) is 3.63. The average molecular weight is 361 g/mol. The summed E-state index contributed by atoms with van der Waals surface area (Å²) in [5.74, 6) is 0.528. The van der Waals surface area contributed by atoms with Crippen LogP contribution in [0.3, 0.4) is 0 Å². The highest BCUT2D eigenvalue weighted by molar-refractivity contribution is 5.74. The molecule has 2 aromatic rings. The fourth-order valence-electron chi connectivity index (χ4n) is 3.63. The zero-order chi connectivity index (χ0) is 18.7. The molecule has 0 bridgehead atoms. The summed E-state index contributed by atoms with van der Waals surface area (Å²) in [4.78, 5) is 22.3. The number of anilines is 1. The predicted octanol–water partition coefficient (Wildman–Crippen LogP) is 2.94. The quantitative estimate of drug-likeness (QED) is 0.775. The fraction of sp³-hybridized carbons (Fsp3) is 0.737. The van der Waals surface area contributed by atoms with Crippen molar-refractivity contribution in [2.45, 2.75) is 71.4 Å². The molecule has 0 aliphatic carbocycles. The van der Waals surface area contributed by atoms with Crippen LogP contribution in [0.5, 0.6) is 0 Å². The van der Waals surface area contributed by atoms with Crippen molar-refractivity contribution < 1.29 is 0 Å². The lowest BCUT2D eigenvalue weighted by Crippen LogP contribution is -2.38. The second kappa shape index (κ2) is 7.78. The molecule has 1 atom stereocenters. The minimum Gasteiger partial charge on any atom is -0.356 e. The van der Waals surface area contributed by atoms with Crippen LogP contribution in [0, 0.1) is 0 Å². The van der Waals surface area contributed by atoms with Gasteiger partial charge in [-0.2, -0.15) is 10.1 Å². The Hall–Kier alpha value is -1.89. The number of rotatable bonds is 6. The first-order chi connectivity index (χ1) is 12.4. The van der Waals surface area contributed by atoms with Crippen molar-refractivity contribution in [2.75, 3.05) is 25.0 Å². The largest absolute Gasteiger partial charge is 0.356 e. The number of aromatic amines is 1. The molecule has 26 heavy (non-hydrogen) atoms. The van der Waals surface area contributed by atoms with Crippen molar-refractivity contribution in [3.8, 4) is 0 Å². The summed E-state index contributed by atoms with van der Waals surface area (Å²) in [6.07, 6.45) is 7.83. The summed E-state index contributed by atoms with van der Waals surface area (Å²) in [5.41, 5.74) is 0.270. The third-order valence-electron chi connectivity index (χ3n) is 5.18. The van der Waals surface area contributed by atoms with E-state index in [4.69, 9.17) is 0 Å². The third-order valence-corrected chi connectivity index (χ3v) is 5.18. The first-order valence-corrected chi connectivity index (χ1v) is 9.83.